The number of halogens is 1. The number of nitrogens with zero attached hydrogens (tertiary/aromatic N) is 2. The van der Waals surface area contributed by atoms with Crippen molar-refractivity contribution in [3.05, 3.63) is 41.8 Å². The van der Waals surface area contributed by atoms with E-state index in [0.29, 0.717) is 5.95 Å². The Hall–Kier alpha value is -1.62. The predicted octanol–water partition coefficient (Wildman–Crippen LogP) is 3.12. The van der Waals surface area contributed by atoms with E-state index in [1.807, 2.05) is 19.1 Å². The van der Waals surface area contributed by atoms with Gasteiger partial charge in [-0.05, 0) is 31.2 Å². The second-order valence-corrected chi connectivity index (χ2v) is 4.57. The van der Waals surface area contributed by atoms with E-state index in [0.717, 1.165) is 15.6 Å². The summed E-state index contributed by atoms with van der Waals surface area (Å²) < 4.78 is 13.0. The molecule has 0 saturated carbocycles. The Morgan fingerprint density at radius 3 is 2.76 bits per heavy atom. The summed E-state index contributed by atoms with van der Waals surface area (Å²) >= 11 is 1.41. The van der Waals surface area contributed by atoms with Crippen LogP contribution < -0.4 is 5.32 Å². The van der Waals surface area contributed by atoms with E-state index in [-0.39, 0.29) is 5.82 Å². The number of rotatable bonds is 3. The van der Waals surface area contributed by atoms with Gasteiger partial charge in [0.15, 0.2) is 0 Å². The van der Waals surface area contributed by atoms with Crippen LogP contribution >= 0.6 is 11.8 Å². The second kappa shape index (κ2) is 5.14. The normalized spacial score (nSPS) is 10.3. The Bertz CT molecular complexity index is 531. The van der Waals surface area contributed by atoms with Gasteiger partial charge in [0.1, 0.15) is 10.8 Å². The number of aryl methyl sites for hydroxylation is 1. The smallest absolute Gasteiger partial charge is 0.223 e. The molecule has 0 amide bonds. The van der Waals surface area contributed by atoms with Crippen molar-refractivity contribution in [2.45, 2.75) is 16.8 Å². The minimum atomic E-state index is -0.241. The molecule has 0 radical (unpaired) electrons. The molecule has 0 saturated heterocycles. The molecule has 0 spiro atoms. The van der Waals surface area contributed by atoms with Crippen molar-refractivity contribution in [2.24, 2.45) is 0 Å². The van der Waals surface area contributed by atoms with Gasteiger partial charge < -0.3 is 5.32 Å². The molecule has 3 nitrogen and oxygen atoms in total. The summed E-state index contributed by atoms with van der Waals surface area (Å²) in [7, 11) is 1.77. The van der Waals surface area contributed by atoms with Crippen LogP contribution in [0.5, 0.6) is 0 Å². The van der Waals surface area contributed by atoms with Crippen LogP contribution in [0.15, 0.2) is 40.3 Å². The third-order valence-electron chi connectivity index (χ3n) is 2.07. The average molecular weight is 249 g/mol. The van der Waals surface area contributed by atoms with Gasteiger partial charge in [0.2, 0.25) is 5.95 Å². The molecule has 17 heavy (non-hydrogen) atoms. The molecule has 2 aromatic rings. The molecule has 0 unspecified atom stereocenters. The van der Waals surface area contributed by atoms with Crippen molar-refractivity contribution in [3.8, 4) is 0 Å². The van der Waals surface area contributed by atoms with E-state index in [1.54, 1.807) is 13.1 Å². The third kappa shape index (κ3) is 3.17. The maximum absolute atomic E-state index is 13.0. The van der Waals surface area contributed by atoms with E-state index in [4.69, 9.17) is 0 Å². The first kappa shape index (κ1) is 11.9. The molecule has 0 atom stereocenters. The summed E-state index contributed by atoms with van der Waals surface area (Å²) in [5, 5.41) is 3.69. The molecule has 0 bridgehead atoms. The predicted molar refractivity (Wildman–Crippen MR) is 66.8 cm³/mol. The zero-order valence-electron chi connectivity index (χ0n) is 9.57. The fourth-order valence-corrected chi connectivity index (χ4v) is 2.28. The summed E-state index contributed by atoms with van der Waals surface area (Å²) in [5.74, 6) is 0.332. The average Bonchev–Trinajstić information content (AvgIpc) is 2.28. The highest BCUT2D eigenvalue weighted by atomic mass is 32.2. The molecule has 0 fully saturated rings. The quantitative estimate of drug-likeness (QED) is 0.848. The molecule has 2 rings (SSSR count). The molecule has 0 aliphatic rings. The van der Waals surface area contributed by atoms with E-state index < -0.39 is 0 Å². The zero-order valence-corrected chi connectivity index (χ0v) is 10.4. The molecular formula is C12H12FN3S. The molecule has 0 aliphatic carbocycles. The molecule has 1 N–H and O–H groups in total. The fourth-order valence-electron chi connectivity index (χ4n) is 1.35. The van der Waals surface area contributed by atoms with Gasteiger partial charge in [-0.1, -0.05) is 17.8 Å². The van der Waals surface area contributed by atoms with Crippen LogP contribution in [0.2, 0.25) is 0 Å². The number of nitrogens with one attached hydrogen (secondary N) is 1. The minimum Gasteiger partial charge on any atom is -0.357 e. The zero-order chi connectivity index (χ0) is 12.3. The summed E-state index contributed by atoms with van der Waals surface area (Å²) in [4.78, 5) is 9.32. The van der Waals surface area contributed by atoms with Gasteiger partial charge >= 0.3 is 0 Å². The Morgan fingerprint density at radius 1 is 1.24 bits per heavy atom. The van der Waals surface area contributed by atoms with E-state index >= 15 is 0 Å². The van der Waals surface area contributed by atoms with Crippen molar-refractivity contribution in [2.75, 3.05) is 12.4 Å². The van der Waals surface area contributed by atoms with Gasteiger partial charge in [-0.2, -0.15) is 0 Å². The first-order valence-corrected chi connectivity index (χ1v) is 5.96. The number of benzene rings is 1. The lowest BCUT2D eigenvalue weighted by Gasteiger charge is -2.05. The highest BCUT2D eigenvalue weighted by Crippen LogP contribution is 2.27. The van der Waals surface area contributed by atoms with Gasteiger partial charge in [0.05, 0.1) is 0 Å². The molecule has 1 heterocycles. The van der Waals surface area contributed by atoms with Crippen LogP contribution in [0.1, 0.15) is 5.69 Å². The Labute approximate surface area is 103 Å². The Balaban J connectivity index is 2.26. The molecule has 5 heteroatoms. The van der Waals surface area contributed by atoms with E-state index in [9.17, 15) is 4.39 Å². The lowest BCUT2D eigenvalue weighted by Crippen LogP contribution is -1.98. The van der Waals surface area contributed by atoms with Gasteiger partial charge in [-0.25, -0.2) is 14.4 Å². The van der Waals surface area contributed by atoms with Gasteiger partial charge in [0, 0.05) is 17.6 Å². The van der Waals surface area contributed by atoms with Crippen LogP contribution in [0.4, 0.5) is 10.3 Å². The highest BCUT2D eigenvalue weighted by Gasteiger charge is 2.03. The van der Waals surface area contributed by atoms with Gasteiger partial charge in [-0.3, -0.25) is 0 Å². The monoisotopic (exact) mass is 249 g/mol. The van der Waals surface area contributed by atoms with Crippen molar-refractivity contribution < 1.29 is 4.39 Å². The summed E-state index contributed by atoms with van der Waals surface area (Å²) in [6.45, 7) is 1.90. The number of hydrogen-bond acceptors (Lipinski definition) is 4. The van der Waals surface area contributed by atoms with Crippen molar-refractivity contribution in [1.82, 2.24) is 9.97 Å². The minimum absolute atomic E-state index is 0.241. The van der Waals surface area contributed by atoms with Crippen molar-refractivity contribution in [1.29, 1.82) is 0 Å². The first-order chi connectivity index (χ1) is 8.17. The largest absolute Gasteiger partial charge is 0.357 e. The van der Waals surface area contributed by atoms with Gasteiger partial charge in [-0.15, -0.1) is 0 Å². The van der Waals surface area contributed by atoms with Crippen LogP contribution in [0, 0.1) is 12.7 Å². The third-order valence-corrected chi connectivity index (χ3v) is 2.98. The number of aromatic nitrogens is 2. The van der Waals surface area contributed by atoms with Crippen LogP contribution in [0.25, 0.3) is 0 Å². The summed E-state index contributed by atoms with van der Waals surface area (Å²) in [5.41, 5.74) is 0.878. The Kier molecular flexibility index (Phi) is 3.58. The van der Waals surface area contributed by atoms with Crippen molar-refractivity contribution >= 4 is 17.7 Å². The summed E-state index contributed by atoms with van der Waals surface area (Å²) in [6.07, 6.45) is 0. The summed E-state index contributed by atoms with van der Waals surface area (Å²) in [6, 6.07) is 8.32. The second-order valence-electron chi connectivity index (χ2n) is 3.48. The molecule has 88 valence electrons. The maximum atomic E-state index is 13.0. The highest BCUT2D eigenvalue weighted by molar-refractivity contribution is 7.99. The topological polar surface area (TPSA) is 37.8 Å². The lowest BCUT2D eigenvalue weighted by molar-refractivity contribution is 0.624. The molecule has 1 aromatic heterocycles. The van der Waals surface area contributed by atoms with E-state index in [2.05, 4.69) is 15.3 Å². The van der Waals surface area contributed by atoms with Gasteiger partial charge in [0.25, 0.3) is 0 Å². The maximum Gasteiger partial charge on any atom is 0.223 e. The standard InChI is InChI=1S/C12H12FN3S/c1-8-6-11(16-12(14-2)15-8)17-10-5-3-4-9(13)7-10/h3-7H,1-2H3,(H,14,15,16). The SMILES string of the molecule is CNc1nc(C)cc(Sc2cccc(F)c2)n1. The molecular weight excluding hydrogens is 237 g/mol. The van der Waals surface area contributed by atoms with Crippen LogP contribution in [-0.4, -0.2) is 17.0 Å². The molecule has 1 aromatic carbocycles. The number of hydrogen-bond donors (Lipinski definition) is 1. The fraction of sp³-hybridized carbons (Fsp3) is 0.167. The molecule has 0 aliphatic heterocycles. The Morgan fingerprint density at radius 2 is 2.06 bits per heavy atom. The lowest BCUT2D eigenvalue weighted by atomic mass is 10.4. The van der Waals surface area contributed by atoms with Crippen LogP contribution in [-0.2, 0) is 0 Å². The van der Waals surface area contributed by atoms with E-state index in [1.165, 1.54) is 23.9 Å². The first-order valence-electron chi connectivity index (χ1n) is 5.14. The number of anilines is 1. The van der Waals surface area contributed by atoms with Crippen LogP contribution in [0.3, 0.4) is 0 Å². The van der Waals surface area contributed by atoms with Crippen molar-refractivity contribution in [3.63, 3.8) is 0 Å².